The van der Waals surface area contributed by atoms with Crippen molar-refractivity contribution in [3.63, 3.8) is 0 Å². The van der Waals surface area contributed by atoms with Crippen molar-refractivity contribution in [3.8, 4) is 5.75 Å². The summed E-state index contributed by atoms with van der Waals surface area (Å²) in [5, 5.41) is 4.93. The molecule has 0 atom stereocenters. The minimum atomic E-state index is -3.41. The van der Waals surface area contributed by atoms with Crippen LogP contribution in [0.2, 0.25) is 0 Å². The second-order valence-corrected chi connectivity index (χ2v) is 8.83. The number of benzene rings is 3. The maximum absolute atomic E-state index is 12.5. The molecule has 0 aliphatic carbocycles. The van der Waals surface area contributed by atoms with E-state index < -0.39 is 10.0 Å². The Morgan fingerprint density at radius 1 is 1.07 bits per heavy atom. The van der Waals surface area contributed by atoms with E-state index in [4.69, 9.17) is 4.74 Å². The van der Waals surface area contributed by atoms with Gasteiger partial charge in [0, 0.05) is 18.0 Å². The standard InChI is InChI=1S/C22H24N2O4S/c1-16-11-12-18(15-20(16)24(2)29(3,26)27)22(25)23-13-14-28-21-10-6-8-17-7-4-5-9-19(17)21/h4-12,15H,13-14H2,1-3H3,(H,23,25). The van der Waals surface area contributed by atoms with Crippen LogP contribution in [0.1, 0.15) is 15.9 Å². The Bertz CT molecular complexity index is 1140. The zero-order valence-electron chi connectivity index (χ0n) is 16.7. The summed E-state index contributed by atoms with van der Waals surface area (Å²) < 4.78 is 30.6. The molecule has 0 heterocycles. The highest BCUT2D eigenvalue weighted by Gasteiger charge is 2.16. The van der Waals surface area contributed by atoms with Crippen LogP contribution < -0.4 is 14.4 Å². The van der Waals surface area contributed by atoms with E-state index in [0.29, 0.717) is 24.4 Å². The van der Waals surface area contributed by atoms with Crippen LogP contribution in [-0.2, 0) is 10.0 Å². The fourth-order valence-electron chi connectivity index (χ4n) is 3.02. The van der Waals surface area contributed by atoms with Crippen LogP contribution in [0.15, 0.2) is 60.7 Å². The second kappa shape index (κ2) is 8.53. The molecule has 1 N–H and O–H groups in total. The highest BCUT2D eigenvalue weighted by atomic mass is 32.2. The van der Waals surface area contributed by atoms with Gasteiger partial charge in [0.1, 0.15) is 12.4 Å². The van der Waals surface area contributed by atoms with Crippen LogP contribution in [0.4, 0.5) is 5.69 Å². The van der Waals surface area contributed by atoms with Gasteiger partial charge in [0.15, 0.2) is 0 Å². The first-order valence-electron chi connectivity index (χ1n) is 9.20. The highest BCUT2D eigenvalue weighted by Crippen LogP contribution is 2.25. The predicted molar refractivity (Wildman–Crippen MR) is 116 cm³/mol. The number of anilines is 1. The number of fused-ring (bicyclic) bond motifs is 1. The van der Waals surface area contributed by atoms with Crippen molar-refractivity contribution in [3.05, 3.63) is 71.8 Å². The third-order valence-electron chi connectivity index (χ3n) is 4.70. The lowest BCUT2D eigenvalue weighted by Gasteiger charge is -2.19. The molecule has 0 fully saturated rings. The molecule has 0 spiro atoms. The fraction of sp³-hybridized carbons (Fsp3) is 0.227. The zero-order chi connectivity index (χ0) is 21.0. The summed E-state index contributed by atoms with van der Waals surface area (Å²) >= 11 is 0. The SMILES string of the molecule is Cc1ccc(C(=O)NCCOc2cccc3ccccc23)cc1N(C)S(C)(=O)=O. The number of sulfonamides is 1. The quantitative estimate of drug-likeness (QED) is 0.604. The van der Waals surface area contributed by atoms with Crippen LogP contribution in [0.5, 0.6) is 5.75 Å². The smallest absolute Gasteiger partial charge is 0.251 e. The van der Waals surface area contributed by atoms with Crippen molar-refractivity contribution in [2.75, 3.05) is 30.8 Å². The van der Waals surface area contributed by atoms with Gasteiger partial charge in [-0.3, -0.25) is 9.10 Å². The monoisotopic (exact) mass is 412 g/mol. The minimum Gasteiger partial charge on any atom is -0.491 e. The Balaban J connectivity index is 1.62. The summed E-state index contributed by atoms with van der Waals surface area (Å²) in [6, 6.07) is 18.8. The molecule has 3 rings (SSSR count). The van der Waals surface area contributed by atoms with Gasteiger partial charge in [0.25, 0.3) is 5.91 Å². The fourth-order valence-corrected chi connectivity index (χ4v) is 3.57. The van der Waals surface area contributed by atoms with Gasteiger partial charge in [-0.15, -0.1) is 0 Å². The van der Waals surface area contributed by atoms with E-state index in [1.165, 1.54) is 11.4 Å². The highest BCUT2D eigenvalue weighted by molar-refractivity contribution is 7.92. The molecule has 3 aromatic carbocycles. The van der Waals surface area contributed by atoms with E-state index in [-0.39, 0.29) is 5.91 Å². The molecule has 0 aromatic heterocycles. The van der Waals surface area contributed by atoms with Crippen LogP contribution in [0, 0.1) is 6.92 Å². The van der Waals surface area contributed by atoms with Crippen molar-refractivity contribution in [1.82, 2.24) is 5.32 Å². The number of carbonyl (C=O) groups excluding carboxylic acids is 1. The first kappa shape index (κ1) is 20.7. The molecule has 7 heteroatoms. The van der Waals surface area contributed by atoms with Crippen LogP contribution in [-0.4, -0.2) is 40.8 Å². The molecule has 0 bridgehead atoms. The molecule has 1 amide bonds. The van der Waals surface area contributed by atoms with Gasteiger partial charge in [0.2, 0.25) is 10.0 Å². The Morgan fingerprint density at radius 3 is 2.55 bits per heavy atom. The second-order valence-electron chi connectivity index (χ2n) is 6.81. The van der Waals surface area contributed by atoms with Crippen LogP contribution in [0.25, 0.3) is 10.8 Å². The maximum Gasteiger partial charge on any atom is 0.251 e. The Morgan fingerprint density at radius 2 is 1.79 bits per heavy atom. The normalized spacial score (nSPS) is 11.3. The van der Waals surface area contributed by atoms with E-state index in [2.05, 4.69) is 5.32 Å². The summed E-state index contributed by atoms with van der Waals surface area (Å²) in [6.07, 6.45) is 1.13. The number of amides is 1. The van der Waals surface area contributed by atoms with E-state index in [0.717, 1.165) is 28.3 Å². The molecule has 6 nitrogen and oxygen atoms in total. The lowest BCUT2D eigenvalue weighted by molar-refractivity contribution is 0.0947. The van der Waals surface area contributed by atoms with Gasteiger partial charge in [-0.05, 0) is 36.1 Å². The molecule has 0 saturated carbocycles. The Hall–Kier alpha value is -3.06. The summed E-state index contributed by atoms with van der Waals surface area (Å²) in [5.74, 6) is 0.486. The topological polar surface area (TPSA) is 75.7 Å². The van der Waals surface area contributed by atoms with Gasteiger partial charge < -0.3 is 10.1 Å². The average molecular weight is 413 g/mol. The van der Waals surface area contributed by atoms with Gasteiger partial charge in [-0.1, -0.05) is 42.5 Å². The Kier molecular flexibility index (Phi) is 6.08. The van der Waals surface area contributed by atoms with Gasteiger partial charge in [0.05, 0.1) is 18.5 Å². The molecule has 3 aromatic rings. The molecular formula is C22H24N2O4S. The predicted octanol–water partition coefficient (Wildman–Crippen LogP) is 3.35. The maximum atomic E-state index is 12.5. The molecular weight excluding hydrogens is 388 g/mol. The summed E-state index contributed by atoms with van der Waals surface area (Å²) in [5.41, 5.74) is 1.65. The van der Waals surface area contributed by atoms with E-state index in [1.54, 1.807) is 25.1 Å². The van der Waals surface area contributed by atoms with Crippen molar-refractivity contribution >= 4 is 32.4 Å². The third-order valence-corrected chi connectivity index (χ3v) is 5.89. The van der Waals surface area contributed by atoms with Crippen molar-refractivity contribution < 1.29 is 17.9 Å². The minimum absolute atomic E-state index is 0.283. The van der Waals surface area contributed by atoms with Gasteiger partial charge >= 0.3 is 0 Å². The summed E-state index contributed by atoms with van der Waals surface area (Å²) in [6.45, 7) is 2.45. The number of rotatable bonds is 7. The van der Waals surface area contributed by atoms with Crippen molar-refractivity contribution in [2.24, 2.45) is 0 Å². The van der Waals surface area contributed by atoms with E-state index >= 15 is 0 Å². The first-order valence-corrected chi connectivity index (χ1v) is 11.1. The number of ether oxygens (including phenoxy) is 1. The first-order chi connectivity index (χ1) is 13.8. The number of nitrogens with one attached hydrogen (secondary N) is 1. The molecule has 0 saturated heterocycles. The summed E-state index contributed by atoms with van der Waals surface area (Å²) in [4.78, 5) is 12.5. The average Bonchev–Trinajstić information content (AvgIpc) is 2.70. The number of carbonyl (C=O) groups is 1. The number of nitrogens with zero attached hydrogens (tertiary/aromatic N) is 1. The third kappa shape index (κ3) is 4.86. The largest absolute Gasteiger partial charge is 0.491 e. The number of hydrogen-bond donors (Lipinski definition) is 1. The molecule has 0 radical (unpaired) electrons. The van der Waals surface area contributed by atoms with Crippen LogP contribution >= 0.6 is 0 Å². The van der Waals surface area contributed by atoms with E-state index in [1.807, 2.05) is 42.5 Å². The van der Waals surface area contributed by atoms with Crippen molar-refractivity contribution in [2.45, 2.75) is 6.92 Å². The molecule has 152 valence electrons. The molecule has 0 unspecified atom stereocenters. The Labute approximate surface area is 171 Å². The number of aryl methyl sites for hydroxylation is 1. The van der Waals surface area contributed by atoms with Crippen molar-refractivity contribution in [1.29, 1.82) is 0 Å². The number of hydrogen-bond acceptors (Lipinski definition) is 4. The lowest BCUT2D eigenvalue weighted by atomic mass is 10.1. The van der Waals surface area contributed by atoms with E-state index in [9.17, 15) is 13.2 Å². The van der Waals surface area contributed by atoms with Crippen LogP contribution in [0.3, 0.4) is 0 Å². The lowest BCUT2D eigenvalue weighted by Crippen LogP contribution is -2.29. The summed E-state index contributed by atoms with van der Waals surface area (Å²) in [7, 11) is -1.94. The van der Waals surface area contributed by atoms with Gasteiger partial charge in [-0.2, -0.15) is 0 Å². The van der Waals surface area contributed by atoms with Gasteiger partial charge in [-0.25, -0.2) is 8.42 Å². The molecule has 0 aliphatic heterocycles. The molecule has 0 aliphatic rings. The molecule has 29 heavy (non-hydrogen) atoms. The zero-order valence-corrected chi connectivity index (χ0v) is 17.5.